The lowest BCUT2D eigenvalue weighted by molar-refractivity contribution is 0.259. The van der Waals surface area contributed by atoms with Crippen LogP contribution < -0.4 is 0 Å². The number of hydrogen-bond acceptors (Lipinski definition) is 6. The second-order valence-corrected chi connectivity index (χ2v) is 11.1. The van der Waals surface area contributed by atoms with Gasteiger partial charge < -0.3 is 4.42 Å². The molecule has 2 heterocycles. The van der Waals surface area contributed by atoms with E-state index >= 15 is 0 Å². The first-order chi connectivity index (χ1) is 12.2. The monoisotopic (exact) mass is 475 g/mol. The molecule has 0 unspecified atom stereocenters. The number of fused-ring (bicyclic) bond motifs is 1. The van der Waals surface area contributed by atoms with Crippen molar-refractivity contribution in [3.05, 3.63) is 43.8 Å². The molecule has 0 saturated heterocycles. The molecule has 0 spiro atoms. The van der Waals surface area contributed by atoms with Crippen LogP contribution in [-0.4, -0.2) is 43.3 Å². The Morgan fingerprint density at radius 2 is 1.96 bits per heavy atom. The van der Waals surface area contributed by atoms with E-state index in [2.05, 4.69) is 26.9 Å². The van der Waals surface area contributed by atoms with Crippen LogP contribution in [0.1, 0.15) is 4.88 Å². The van der Waals surface area contributed by atoms with Crippen molar-refractivity contribution < 1.29 is 12.8 Å². The summed E-state index contributed by atoms with van der Waals surface area (Å²) in [7, 11) is 1.47. The van der Waals surface area contributed by atoms with E-state index in [1.165, 1.54) is 29.3 Å². The fourth-order valence-electron chi connectivity index (χ4n) is 2.54. The van der Waals surface area contributed by atoms with Crippen LogP contribution >= 0.6 is 39.5 Å². The molecule has 6 nitrogen and oxygen atoms in total. The lowest BCUT2D eigenvalue weighted by Gasteiger charge is -2.17. The van der Waals surface area contributed by atoms with Crippen molar-refractivity contribution in [1.82, 2.24) is 13.8 Å². The highest BCUT2D eigenvalue weighted by Crippen LogP contribution is 2.25. The molecule has 0 saturated carbocycles. The van der Waals surface area contributed by atoms with Gasteiger partial charge in [0.15, 0.2) is 5.58 Å². The average molecular weight is 476 g/mol. The number of aromatic nitrogens is 1. The van der Waals surface area contributed by atoms with Gasteiger partial charge in [-0.25, -0.2) is 12.7 Å². The Hall–Kier alpha value is -1.04. The van der Waals surface area contributed by atoms with Crippen LogP contribution in [0.2, 0.25) is 0 Å². The third-order valence-corrected chi connectivity index (χ3v) is 7.58. The molecule has 26 heavy (non-hydrogen) atoms. The Labute approximate surface area is 169 Å². The molecule has 0 aliphatic carbocycles. The van der Waals surface area contributed by atoms with Gasteiger partial charge >= 0.3 is 0 Å². The van der Waals surface area contributed by atoms with Crippen LogP contribution in [0.15, 0.2) is 43.4 Å². The van der Waals surface area contributed by atoms with Gasteiger partial charge in [-0.05, 0) is 65.5 Å². The minimum atomic E-state index is -3.52. The predicted octanol–water partition coefficient (Wildman–Crippen LogP) is 4.13. The molecule has 140 valence electrons. The quantitative estimate of drug-likeness (QED) is 0.501. The van der Waals surface area contributed by atoms with E-state index < -0.39 is 10.0 Å². The second-order valence-electron chi connectivity index (χ2n) is 6.07. The maximum Gasteiger partial charge on any atom is 0.270 e. The summed E-state index contributed by atoms with van der Waals surface area (Å²) in [5.74, 6) is 0. The van der Waals surface area contributed by atoms with Crippen molar-refractivity contribution >= 4 is 60.6 Å². The normalized spacial score (nSPS) is 12.5. The number of halogens is 1. The van der Waals surface area contributed by atoms with Gasteiger partial charge in [-0.15, -0.1) is 11.3 Å². The lowest BCUT2D eigenvalue weighted by Crippen LogP contribution is -2.23. The summed E-state index contributed by atoms with van der Waals surface area (Å²) < 4.78 is 34.5. The summed E-state index contributed by atoms with van der Waals surface area (Å²) in [5.41, 5.74) is 1.23. The minimum absolute atomic E-state index is 0.212. The Bertz CT molecular complexity index is 1100. The SMILES string of the molecule is CN(Cc1ccc(Br)s1)Cn1c(=S)oc2ccc(S(=O)(=O)N(C)C)cc21. The fourth-order valence-corrected chi connectivity index (χ4v) is 5.27. The van der Waals surface area contributed by atoms with Gasteiger partial charge in [-0.2, -0.15) is 0 Å². The standard InChI is InChI=1S/C16H18BrN3O3S3/c1-18(2)26(21,22)12-5-6-14-13(8-12)20(16(24)23-14)10-19(3)9-11-4-7-15(17)25-11/h4-8H,9-10H2,1-3H3. The number of oxazole rings is 1. The van der Waals surface area contributed by atoms with E-state index in [-0.39, 0.29) is 4.90 Å². The van der Waals surface area contributed by atoms with Gasteiger partial charge in [0.2, 0.25) is 10.0 Å². The topological polar surface area (TPSA) is 58.7 Å². The molecular formula is C16H18BrN3O3S3. The number of thiophene rings is 1. The Kier molecular flexibility index (Phi) is 5.71. The molecule has 10 heteroatoms. The van der Waals surface area contributed by atoms with Gasteiger partial charge in [0.05, 0.1) is 20.9 Å². The molecule has 1 aromatic carbocycles. The van der Waals surface area contributed by atoms with E-state index in [4.69, 9.17) is 16.6 Å². The van der Waals surface area contributed by atoms with Crippen LogP contribution in [0.4, 0.5) is 0 Å². The van der Waals surface area contributed by atoms with Gasteiger partial charge in [0.1, 0.15) is 0 Å². The number of sulfonamides is 1. The average Bonchev–Trinajstić information content (AvgIpc) is 3.10. The number of benzene rings is 1. The van der Waals surface area contributed by atoms with Crippen molar-refractivity contribution in [1.29, 1.82) is 0 Å². The third kappa shape index (κ3) is 3.95. The van der Waals surface area contributed by atoms with Crippen LogP contribution in [0, 0.1) is 4.84 Å². The number of rotatable bonds is 6. The van der Waals surface area contributed by atoms with Gasteiger partial charge in [-0.3, -0.25) is 9.47 Å². The molecule has 0 aliphatic rings. The van der Waals surface area contributed by atoms with Crippen molar-refractivity contribution in [2.45, 2.75) is 18.1 Å². The maximum atomic E-state index is 12.4. The summed E-state index contributed by atoms with van der Waals surface area (Å²) in [6.45, 7) is 1.24. The highest BCUT2D eigenvalue weighted by Gasteiger charge is 2.19. The van der Waals surface area contributed by atoms with E-state index in [1.54, 1.807) is 23.5 Å². The zero-order valence-corrected chi connectivity index (χ0v) is 18.5. The minimum Gasteiger partial charge on any atom is -0.429 e. The predicted molar refractivity (Wildman–Crippen MR) is 109 cm³/mol. The summed E-state index contributed by atoms with van der Waals surface area (Å²) in [5, 5.41) is 0. The van der Waals surface area contributed by atoms with Crippen LogP contribution in [0.3, 0.4) is 0 Å². The highest BCUT2D eigenvalue weighted by atomic mass is 79.9. The number of nitrogens with zero attached hydrogens (tertiary/aromatic N) is 3. The van der Waals surface area contributed by atoms with Crippen molar-refractivity contribution in [2.24, 2.45) is 0 Å². The molecule has 0 fully saturated rings. The van der Waals surface area contributed by atoms with E-state index in [0.717, 1.165) is 10.3 Å². The molecule has 3 aromatic rings. The summed E-state index contributed by atoms with van der Waals surface area (Å²) in [4.78, 5) is 3.84. The molecule has 0 atom stereocenters. The maximum absolute atomic E-state index is 12.4. The van der Waals surface area contributed by atoms with Crippen LogP contribution in [-0.2, 0) is 23.2 Å². The van der Waals surface area contributed by atoms with E-state index in [9.17, 15) is 8.42 Å². The first-order valence-electron chi connectivity index (χ1n) is 7.67. The van der Waals surface area contributed by atoms with Gasteiger partial charge in [0.25, 0.3) is 4.84 Å². The Morgan fingerprint density at radius 3 is 2.58 bits per heavy atom. The number of hydrogen-bond donors (Lipinski definition) is 0. The van der Waals surface area contributed by atoms with Crippen molar-refractivity contribution in [2.75, 3.05) is 21.1 Å². The first kappa shape index (κ1) is 19.7. The largest absolute Gasteiger partial charge is 0.429 e. The van der Waals surface area contributed by atoms with Crippen molar-refractivity contribution in [3.8, 4) is 0 Å². The zero-order valence-electron chi connectivity index (χ0n) is 14.5. The van der Waals surface area contributed by atoms with E-state index in [0.29, 0.717) is 22.6 Å². The summed E-state index contributed by atoms with van der Waals surface area (Å²) in [6.07, 6.45) is 0. The van der Waals surface area contributed by atoms with Gasteiger partial charge in [-0.1, -0.05) is 0 Å². The second kappa shape index (κ2) is 7.53. The first-order valence-corrected chi connectivity index (χ1v) is 11.1. The molecule has 0 bridgehead atoms. The van der Waals surface area contributed by atoms with E-state index in [1.807, 2.05) is 17.7 Å². The Morgan fingerprint density at radius 1 is 1.23 bits per heavy atom. The summed E-state index contributed by atoms with van der Waals surface area (Å²) >= 11 is 10.5. The fraction of sp³-hybridized carbons (Fsp3) is 0.312. The van der Waals surface area contributed by atoms with Crippen LogP contribution in [0.5, 0.6) is 0 Å². The zero-order chi connectivity index (χ0) is 19.1. The summed E-state index contributed by atoms with van der Waals surface area (Å²) in [6, 6.07) is 8.88. The molecule has 2 aromatic heterocycles. The highest BCUT2D eigenvalue weighted by molar-refractivity contribution is 9.11. The van der Waals surface area contributed by atoms with Gasteiger partial charge in [0, 0.05) is 25.5 Å². The molecule has 0 aliphatic heterocycles. The molecular weight excluding hydrogens is 458 g/mol. The molecule has 0 amide bonds. The molecule has 0 radical (unpaired) electrons. The molecule has 0 N–H and O–H groups in total. The molecule has 3 rings (SSSR count). The lowest BCUT2D eigenvalue weighted by atomic mass is 10.3. The smallest absolute Gasteiger partial charge is 0.270 e. The third-order valence-electron chi connectivity index (χ3n) is 3.85. The Balaban J connectivity index is 1.94. The van der Waals surface area contributed by atoms with Crippen LogP contribution in [0.25, 0.3) is 11.1 Å². The van der Waals surface area contributed by atoms with Crippen molar-refractivity contribution in [3.63, 3.8) is 0 Å².